The summed E-state index contributed by atoms with van der Waals surface area (Å²) in [5, 5.41) is 16.8. The Labute approximate surface area is 130 Å². The zero-order chi connectivity index (χ0) is 17.5. The standard InChI is InChI=1S/C8H12O4.C7H12O3/c1-2-3-6-12-8(11)5-4-7(9)10;1-5(2)7(9)10-4-6(3)8/h4-5H,2-3,6H2,1H3,(H,9,10);6,8H,1,4H2,2-3H3. The smallest absolute Gasteiger partial charge is 0.333 e. The molecule has 0 saturated heterocycles. The third-order valence-electron chi connectivity index (χ3n) is 1.91. The highest BCUT2D eigenvalue weighted by Gasteiger charge is 2.03. The number of aliphatic hydroxyl groups excluding tert-OH is 1. The van der Waals surface area contributed by atoms with Crippen LogP contribution in [0, 0.1) is 0 Å². The van der Waals surface area contributed by atoms with Gasteiger partial charge < -0.3 is 19.7 Å². The first-order valence-corrected chi connectivity index (χ1v) is 6.79. The number of carboxylic acid groups (broad SMARTS) is 1. The summed E-state index contributed by atoms with van der Waals surface area (Å²) in [6, 6.07) is 0. The summed E-state index contributed by atoms with van der Waals surface area (Å²) in [5.41, 5.74) is 0.348. The van der Waals surface area contributed by atoms with Crippen LogP contribution in [-0.2, 0) is 23.9 Å². The van der Waals surface area contributed by atoms with Crippen molar-refractivity contribution in [1.29, 1.82) is 0 Å². The SMILES string of the molecule is C=C(C)C(=O)OCC(C)O.CCCCOC(=O)C=CC(=O)O. The molecule has 0 aromatic rings. The Morgan fingerprint density at radius 3 is 2.23 bits per heavy atom. The van der Waals surface area contributed by atoms with Crippen molar-refractivity contribution < 1.29 is 34.1 Å². The van der Waals surface area contributed by atoms with E-state index < -0.39 is 24.0 Å². The lowest BCUT2D eigenvalue weighted by Crippen LogP contribution is -2.15. The van der Waals surface area contributed by atoms with Crippen LogP contribution in [0.15, 0.2) is 24.3 Å². The van der Waals surface area contributed by atoms with Crippen LogP contribution in [0.25, 0.3) is 0 Å². The molecule has 0 aromatic heterocycles. The Morgan fingerprint density at radius 1 is 1.23 bits per heavy atom. The third-order valence-corrected chi connectivity index (χ3v) is 1.91. The first kappa shape index (κ1) is 22.1. The predicted molar refractivity (Wildman–Crippen MR) is 80.1 cm³/mol. The van der Waals surface area contributed by atoms with Crippen molar-refractivity contribution in [3.8, 4) is 0 Å². The molecule has 0 heterocycles. The predicted octanol–water partition coefficient (Wildman–Crippen LogP) is 1.46. The number of aliphatic hydroxyl groups is 1. The molecular formula is C15H24O7. The van der Waals surface area contributed by atoms with Crippen LogP contribution in [0.3, 0.4) is 0 Å². The molecule has 0 aromatic carbocycles. The minimum atomic E-state index is -1.15. The van der Waals surface area contributed by atoms with Gasteiger partial charge in [0.15, 0.2) is 0 Å². The van der Waals surface area contributed by atoms with Gasteiger partial charge in [0.2, 0.25) is 0 Å². The fourth-order valence-corrected chi connectivity index (χ4v) is 0.824. The second kappa shape index (κ2) is 13.8. The molecule has 0 spiro atoms. The van der Waals surface area contributed by atoms with Crippen molar-refractivity contribution in [3.63, 3.8) is 0 Å². The van der Waals surface area contributed by atoms with E-state index in [9.17, 15) is 14.4 Å². The summed E-state index contributed by atoms with van der Waals surface area (Å²) in [6.45, 7) is 8.84. The van der Waals surface area contributed by atoms with Crippen molar-refractivity contribution in [2.75, 3.05) is 13.2 Å². The Bertz CT molecular complexity index is 397. The zero-order valence-electron chi connectivity index (χ0n) is 13.2. The first-order chi connectivity index (χ1) is 10.2. The van der Waals surface area contributed by atoms with Crippen molar-refractivity contribution in [2.24, 2.45) is 0 Å². The van der Waals surface area contributed by atoms with Crippen LogP contribution >= 0.6 is 0 Å². The second-order valence-corrected chi connectivity index (χ2v) is 4.42. The van der Waals surface area contributed by atoms with Crippen molar-refractivity contribution in [1.82, 2.24) is 0 Å². The van der Waals surface area contributed by atoms with Crippen LogP contribution in [0.5, 0.6) is 0 Å². The molecule has 22 heavy (non-hydrogen) atoms. The van der Waals surface area contributed by atoms with E-state index in [-0.39, 0.29) is 6.61 Å². The molecule has 1 atom stereocenters. The summed E-state index contributed by atoms with van der Waals surface area (Å²) in [7, 11) is 0. The third kappa shape index (κ3) is 17.8. The number of carbonyl (C=O) groups excluding carboxylic acids is 2. The van der Waals surface area contributed by atoms with E-state index in [0.717, 1.165) is 25.0 Å². The number of esters is 2. The van der Waals surface area contributed by atoms with E-state index >= 15 is 0 Å². The Morgan fingerprint density at radius 2 is 1.82 bits per heavy atom. The molecule has 0 rings (SSSR count). The van der Waals surface area contributed by atoms with Crippen LogP contribution in [0.4, 0.5) is 0 Å². The van der Waals surface area contributed by atoms with E-state index in [2.05, 4.69) is 16.1 Å². The number of hydrogen-bond acceptors (Lipinski definition) is 6. The summed E-state index contributed by atoms with van der Waals surface area (Å²) >= 11 is 0. The minimum absolute atomic E-state index is 0.0334. The first-order valence-electron chi connectivity index (χ1n) is 6.79. The lowest BCUT2D eigenvalue weighted by Gasteiger charge is -2.04. The molecule has 0 aliphatic heterocycles. The molecule has 0 radical (unpaired) electrons. The van der Waals surface area contributed by atoms with Gasteiger partial charge in [0.05, 0.1) is 12.7 Å². The Hall–Kier alpha value is -2.15. The molecule has 0 aliphatic rings. The molecule has 0 bridgehead atoms. The van der Waals surface area contributed by atoms with E-state index in [0.29, 0.717) is 12.2 Å². The molecule has 7 nitrogen and oxygen atoms in total. The summed E-state index contributed by atoms with van der Waals surface area (Å²) < 4.78 is 9.22. The van der Waals surface area contributed by atoms with Crippen LogP contribution in [0.1, 0.15) is 33.6 Å². The van der Waals surface area contributed by atoms with Gasteiger partial charge >= 0.3 is 17.9 Å². The molecule has 2 N–H and O–H groups in total. The number of carbonyl (C=O) groups is 3. The molecule has 0 fully saturated rings. The van der Waals surface area contributed by atoms with Gasteiger partial charge in [-0.2, -0.15) is 0 Å². The van der Waals surface area contributed by atoms with Gasteiger partial charge in [-0.25, -0.2) is 14.4 Å². The molecule has 0 saturated carbocycles. The van der Waals surface area contributed by atoms with E-state index in [1.165, 1.54) is 0 Å². The number of ether oxygens (including phenoxy) is 2. The second-order valence-electron chi connectivity index (χ2n) is 4.42. The molecule has 0 amide bonds. The highest BCUT2D eigenvalue weighted by Crippen LogP contribution is 1.92. The fourth-order valence-electron chi connectivity index (χ4n) is 0.824. The van der Waals surface area contributed by atoms with Crippen molar-refractivity contribution >= 4 is 17.9 Å². The lowest BCUT2D eigenvalue weighted by atomic mass is 10.3. The fraction of sp³-hybridized carbons (Fsp3) is 0.533. The summed E-state index contributed by atoms with van der Waals surface area (Å²) in [5.74, 6) is -2.21. The normalized spacial score (nSPS) is 11.1. The maximum Gasteiger partial charge on any atom is 0.333 e. The van der Waals surface area contributed by atoms with E-state index in [1.807, 2.05) is 6.92 Å². The number of hydrogen-bond donors (Lipinski definition) is 2. The Balaban J connectivity index is 0. The average Bonchev–Trinajstić information content (AvgIpc) is 2.43. The lowest BCUT2D eigenvalue weighted by molar-refractivity contribution is -0.141. The number of rotatable bonds is 8. The van der Waals surface area contributed by atoms with Crippen molar-refractivity contribution in [2.45, 2.75) is 39.7 Å². The highest BCUT2D eigenvalue weighted by molar-refractivity contribution is 5.90. The largest absolute Gasteiger partial charge is 0.478 e. The molecular weight excluding hydrogens is 292 g/mol. The van der Waals surface area contributed by atoms with Gasteiger partial charge in [-0.15, -0.1) is 0 Å². The average molecular weight is 316 g/mol. The van der Waals surface area contributed by atoms with E-state index in [4.69, 9.17) is 10.2 Å². The van der Waals surface area contributed by atoms with Gasteiger partial charge in [-0.1, -0.05) is 19.9 Å². The summed E-state index contributed by atoms with van der Waals surface area (Å²) in [6.07, 6.45) is 2.79. The number of unbranched alkanes of at least 4 members (excludes halogenated alkanes) is 1. The monoisotopic (exact) mass is 316 g/mol. The summed E-state index contributed by atoms with van der Waals surface area (Å²) in [4.78, 5) is 31.2. The topological polar surface area (TPSA) is 110 Å². The Kier molecular flexibility index (Phi) is 13.9. The van der Waals surface area contributed by atoms with Gasteiger partial charge in [-0.05, 0) is 20.3 Å². The van der Waals surface area contributed by atoms with Crippen molar-refractivity contribution in [3.05, 3.63) is 24.3 Å². The number of aliphatic carboxylic acids is 1. The molecule has 0 aliphatic carbocycles. The van der Waals surface area contributed by atoms with Crippen LogP contribution < -0.4 is 0 Å². The van der Waals surface area contributed by atoms with Gasteiger partial charge in [-0.3, -0.25) is 0 Å². The zero-order valence-corrected chi connectivity index (χ0v) is 13.2. The van der Waals surface area contributed by atoms with Gasteiger partial charge in [0.25, 0.3) is 0 Å². The molecule has 126 valence electrons. The van der Waals surface area contributed by atoms with E-state index in [1.54, 1.807) is 13.8 Å². The minimum Gasteiger partial charge on any atom is -0.478 e. The highest BCUT2D eigenvalue weighted by atomic mass is 16.5. The maximum atomic E-state index is 10.6. The maximum absolute atomic E-state index is 10.6. The van der Waals surface area contributed by atoms with Crippen LogP contribution in [0.2, 0.25) is 0 Å². The molecule has 1 unspecified atom stereocenters. The van der Waals surface area contributed by atoms with Gasteiger partial charge in [0.1, 0.15) is 6.61 Å². The van der Waals surface area contributed by atoms with Gasteiger partial charge in [0, 0.05) is 17.7 Å². The molecule has 7 heteroatoms. The quantitative estimate of drug-likeness (QED) is 0.396. The van der Waals surface area contributed by atoms with Crippen LogP contribution in [-0.4, -0.2) is 47.4 Å². The number of carboxylic acids is 1.